The van der Waals surface area contributed by atoms with Gasteiger partial charge in [0.2, 0.25) is 0 Å². The molecule has 0 heterocycles. The number of aryl methyl sites for hydroxylation is 2. The quantitative estimate of drug-likeness (QED) is 0.789. The number of methoxy groups -OCH3 is 1. The maximum Gasteiger partial charge on any atom is 0.143 e. The van der Waals surface area contributed by atoms with Crippen molar-refractivity contribution in [3.63, 3.8) is 0 Å². The highest BCUT2D eigenvalue weighted by molar-refractivity contribution is 6.33. The molecule has 0 aliphatic carbocycles. The minimum atomic E-state index is 0.516. The maximum atomic E-state index is 6.10. The smallest absolute Gasteiger partial charge is 0.143 e. The summed E-state index contributed by atoms with van der Waals surface area (Å²) in [7, 11) is 1.61. The van der Waals surface area contributed by atoms with Crippen LogP contribution in [0.1, 0.15) is 11.1 Å². The first-order valence-corrected chi connectivity index (χ1v) is 6.84. The zero-order valence-corrected chi connectivity index (χ0v) is 13.1. The summed E-state index contributed by atoms with van der Waals surface area (Å²) in [5, 5.41) is 4.49. The van der Waals surface area contributed by atoms with Crippen molar-refractivity contribution in [2.75, 3.05) is 18.2 Å². The van der Waals surface area contributed by atoms with E-state index in [1.54, 1.807) is 19.2 Å². The van der Waals surface area contributed by atoms with E-state index in [2.05, 4.69) is 5.32 Å². The van der Waals surface area contributed by atoms with Gasteiger partial charge in [-0.15, -0.1) is 0 Å². The summed E-state index contributed by atoms with van der Waals surface area (Å²) < 4.78 is 5.34. The molecule has 0 aromatic heterocycles. The fraction of sp³-hybridized carbons (Fsp3) is 0.200. The Balaban J connectivity index is 2.44. The summed E-state index contributed by atoms with van der Waals surface area (Å²) in [5.74, 6) is 0.674. The molecule has 2 rings (SSSR count). The lowest BCUT2D eigenvalue weighted by Crippen LogP contribution is -1.99. The van der Waals surface area contributed by atoms with Crippen LogP contribution in [0.2, 0.25) is 10.0 Å². The largest absolute Gasteiger partial charge is 0.495 e. The summed E-state index contributed by atoms with van der Waals surface area (Å²) in [6.07, 6.45) is 0. The van der Waals surface area contributed by atoms with Gasteiger partial charge < -0.3 is 15.8 Å². The third kappa shape index (κ3) is 2.94. The highest BCUT2D eigenvalue weighted by Crippen LogP contribution is 2.35. The van der Waals surface area contributed by atoms with Crippen LogP contribution in [0, 0.1) is 13.8 Å². The number of hydrogen-bond acceptors (Lipinski definition) is 3. The monoisotopic (exact) mass is 310 g/mol. The van der Waals surface area contributed by atoms with Crippen molar-refractivity contribution >= 4 is 40.3 Å². The molecule has 106 valence electrons. The van der Waals surface area contributed by atoms with E-state index in [4.69, 9.17) is 33.7 Å². The van der Waals surface area contributed by atoms with Crippen molar-refractivity contribution in [2.24, 2.45) is 0 Å². The molecule has 0 saturated heterocycles. The third-order valence-corrected chi connectivity index (χ3v) is 3.83. The van der Waals surface area contributed by atoms with Crippen LogP contribution in [0.3, 0.4) is 0 Å². The first-order chi connectivity index (χ1) is 9.42. The number of nitrogens with two attached hydrogens (primary N) is 1. The Hall–Kier alpha value is -1.58. The van der Waals surface area contributed by atoms with Crippen LogP contribution < -0.4 is 15.8 Å². The lowest BCUT2D eigenvalue weighted by molar-refractivity contribution is 0.417. The maximum absolute atomic E-state index is 6.10. The molecule has 2 aromatic carbocycles. The molecule has 0 spiro atoms. The second-order valence-electron chi connectivity index (χ2n) is 4.62. The second kappa shape index (κ2) is 5.81. The lowest BCUT2D eigenvalue weighted by Gasteiger charge is -2.15. The van der Waals surface area contributed by atoms with Crippen LogP contribution in [0.25, 0.3) is 0 Å². The highest BCUT2D eigenvalue weighted by Gasteiger charge is 2.10. The van der Waals surface area contributed by atoms with E-state index in [1.165, 1.54) is 0 Å². The minimum Gasteiger partial charge on any atom is -0.495 e. The predicted molar refractivity (Wildman–Crippen MR) is 86.6 cm³/mol. The average Bonchev–Trinajstić information content (AvgIpc) is 2.39. The van der Waals surface area contributed by atoms with Gasteiger partial charge in [-0.3, -0.25) is 0 Å². The van der Waals surface area contributed by atoms with Gasteiger partial charge in [0.1, 0.15) is 5.75 Å². The lowest BCUT2D eigenvalue weighted by atomic mass is 10.1. The van der Waals surface area contributed by atoms with Crippen LogP contribution in [0.4, 0.5) is 17.1 Å². The Bertz CT molecular complexity index is 657. The van der Waals surface area contributed by atoms with Crippen molar-refractivity contribution < 1.29 is 4.74 Å². The summed E-state index contributed by atoms with van der Waals surface area (Å²) in [6, 6.07) is 7.36. The van der Waals surface area contributed by atoms with E-state index < -0.39 is 0 Å². The first kappa shape index (κ1) is 14.8. The molecule has 0 fully saturated rings. The SMILES string of the molecule is COc1cc(Cl)c(C)cc1Nc1cc(Cl)c(N)cc1C. The number of halogens is 2. The van der Waals surface area contributed by atoms with Crippen LogP contribution >= 0.6 is 23.2 Å². The number of nitrogen functional groups attached to an aromatic ring is 1. The van der Waals surface area contributed by atoms with Crippen LogP contribution in [-0.2, 0) is 0 Å². The van der Waals surface area contributed by atoms with E-state index in [9.17, 15) is 0 Å². The Morgan fingerprint density at radius 1 is 0.950 bits per heavy atom. The van der Waals surface area contributed by atoms with Gasteiger partial charge in [0, 0.05) is 16.8 Å². The van der Waals surface area contributed by atoms with Crippen molar-refractivity contribution in [3.8, 4) is 5.75 Å². The van der Waals surface area contributed by atoms with Crippen LogP contribution in [0.5, 0.6) is 5.75 Å². The van der Waals surface area contributed by atoms with Gasteiger partial charge in [-0.25, -0.2) is 0 Å². The van der Waals surface area contributed by atoms with Gasteiger partial charge in [0.15, 0.2) is 0 Å². The molecular formula is C15H16Cl2N2O. The third-order valence-electron chi connectivity index (χ3n) is 3.09. The molecule has 0 amide bonds. The first-order valence-electron chi connectivity index (χ1n) is 6.09. The summed E-state index contributed by atoms with van der Waals surface area (Å²) >= 11 is 12.2. The molecule has 2 aromatic rings. The van der Waals surface area contributed by atoms with E-state index >= 15 is 0 Å². The number of ether oxygens (including phenoxy) is 1. The summed E-state index contributed by atoms with van der Waals surface area (Å²) in [5.41, 5.74) is 10.0. The molecule has 0 unspecified atom stereocenters. The number of anilines is 3. The Morgan fingerprint density at radius 3 is 2.30 bits per heavy atom. The Kier molecular flexibility index (Phi) is 4.31. The standard InChI is InChI=1S/C15H16Cl2N2O/c1-8-5-14(15(20-3)7-10(8)16)19-13-6-11(17)12(18)4-9(13)2/h4-7,19H,18H2,1-3H3. The fourth-order valence-corrected chi connectivity index (χ4v) is 2.23. The average molecular weight is 311 g/mol. The molecule has 0 atom stereocenters. The summed E-state index contributed by atoms with van der Waals surface area (Å²) in [4.78, 5) is 0. The zero-order valence-electron chi connectivity index (χ0n) is 11.6. The zero-order chi connectivity index (χ0) is 14.9. The molecule has 0 radical (unpaired) electrons. The van der Waals surface area contributed by atoms with E-state index in [0.717, 1.165) is 22.5 Å². The molecule has 3 N–H and O–H groups in total. The topological polar surface area (TPSA) is 47.3 Å². The van der Waals surface area contributed by atoms with Gasteiger partial charge >= 0.3 is 0 Å². The molecule has 3 nitrogen and oxygen atoms in total. The Labute approximate surface area is 128 Å². The fourth-order valence-electron chi connectivity index (χ4n) is 1.91. The molecule has 20 heavy (non-hydrogen) atoms. The van der Waals surface area contributed by atoms with E-state index in [1.807, 2.05) is 26.0 Å². The number of benzene rings is 2. The van der Waals surface area contributed by atoms with Gasteiger partial charge in [-0.1, -0.05) is 23.2 Å². The van der Waals surface area contributed by atoms with E-state index in [0.29, 0.717) is 21.5 Å². The minimum absolute atomic E-state index is 0.516. The normalized spacial score (nSPS) is 10.4. The molecule has 0 aliphatic heterocycles. The number of hydrogen-bond donors (Lipinski definition) is 2. The van der Waals surface area contributed by atoms with E-state index in [-0.39, 0.29) is 0 Å². The van der Waals surface area contributed by atoms with Gasteiger partial charge in [0.05, 0.1) is 23.5 Å². The molecule has 5 heteroatoms. The van der Waals surface area contributed by atoms with Crippen molar-refractivity contribution in [1.82, 2.24) is 0 Å². The van der Waals surface area contributed by atoms with Crippen LogP contribution in [-0.4, -0.2) is 7.11 Å². The van der Waals surface area contributed by atoms with Gasteiger partial charge in [0.25, 0.3) is 0 Å². The van der Waals surface area contributed by atoms with Gasteiger partial charge in [-0.05, 0) is 43.2 Å². The molecule has 0 saturated carbocycles. The molecular weight excluding hydrogens is 295 g/mol. The van der Waals surface area contributed by atoms with Gasteiger partial charge in [-0.2, -0.15) is 0 Å². The Morgan fingerprint density at radius 2 is 1.65 bits per heavy atom. The molecule has 0 aliphatic rings. The van der Waals surface area contributed by atoms with Crippen molar-refractivity contribution in [1.29, 1.82) is 0 Å². The summed E-state index contributed by atoms with van der Waals surface area (Å²) in [6.45, 7) is 3.90. The predicted octanol–water partition coefficient (Wildman–Crippen LogP) is 4.94. The van der Waals surface area contributed by atoms with Crippen LogP contribution in [0.15, 0.2) is 24.3 Å². The number of nitrogens with one attached hydrogen (secondary N) is 1. The molecule has 0 bridgehead atoms. The second-order valence-corrected chi connectivity index (χ2v) is 5.43. The van der Waals surface area contributed by atoms with Crippen molar-refractivity contribution in [3.05, 3.63) is 45.4 Å². The van der Waals surface area contributed by atoms with Crippen molar-refractivity contribution in [2.45, 2.75) is 13.8 Å². The number of rotatable bonds is 3. The highest BCUT2D eigenvalue weighted by atomic mass is 35.5.